The van der Waals surface area contributed by atoms with Crippen molar-refractivity contribution in [1.82, 2.24) is 9.88 Å². The van der Waals surface area contributed by atoms with Crippen molar-refractivity contribution in [1.29, 1.82) is 0 Å². The monoisotopic (exact) mass is 508 g/mol. The summed E-state index contributed by atoms with van der Waals surface area (Å²) < 4.78 is 20.0. The average molecular weight is 509 g/mol. The van der Waals surface area contributed by atoms with Gasteiger partial charge in [-0.05, 0) is 31.0 Å². The van der Waals surface area contributed by atoms with Crippen LogP contribution in [0, 0.1) is 5.82 Å². The van der Waals surface area contributed by atoms with Gasteiger partial charge in [0.2, 0.25) is 0 Å². The molecule has 2 aromatic carbocycles. The molecular formula is C24H25Cl2FN3O4+. The van der Waals surface area contributed by atoms with E-state index in [1.165, 1.54) is 18.3 Å². The summed E-state index contributed by atoms with van der Waals surface area (Å²) in [6.45, 7) is 2.01. The van der Waals surface area contributed by atoms with E-state index in [1.807, 2.05) is 0 Å². The molecular weight excluding hydrogens is 484 g/mol. The number of nitrogens with one attached hydrogen (secondary N) is 2. The van der Waals surface area contributed by atoms with Crippen LogP contribution in [-0.2, 0) is 0 Å². The molecule has 0 spiro atoms. The van der Waals surface area contributed by atoms with Crippen molar-refractivity contribution in [2.45, 2.75) is 25.0 Å². The molecule has 10 heteroatoms. The summed E-state index contributed by atoms with van der Waals surface area (Å²) in [5, 5.41) is 22.0. The van der Waals surface area contributed by atoms with Gasteiger partial charge in [-0.15, -0.1) is 0 Å². The standard InChI is InChI=1S/C24H24Cl2FN3O4/c25-19-5-4-16(10-20(19)26)34-15-6-8-30(9-7-15)13-14(31)11-28-23(32)18-12-29-24(33)22-17(18)2-1-3-21(22)27/h1-5,10,12,14-15,31H,6-9,11,13H2,(H,28,32)(H,29,33)/p+1/t14-/m1/s1. The zero-order chi connectivity index (χ0) is 24.2. The lowest BCUT2D eigenvalue weighted by atomic mass is 10.1. The van der Waals surface area contributed by atoms with Crippen LogP contribution in [0.25, 0.3) is 10.8 Å². The molecule has 0 saturated carbocycles. The highest BCUT2D eigenvalue weighted by molar-refractivity contribution is 6.42. The lowest BCUT2D eigenvalue weighted by Crippen LogP contribution is -2.76. The summed E-state index contributed by atoms with van der Waals surface area (Å²) in [5.41, 5.74) is -0.321. The third-order valence-corrected chi connectivity index (χ3v) is 6.58. The molecule has 1 aromatic heterocycles. The number of aromatic nitrogens is 1. The van der Waals surface area contributed by atoms with Gasteiger partial charge < -0.3 is 24.8 Å². The Morgan fingerprint density at radius 3 is 2.74 bits per heavy atom. The highest BCUT2D eigenvalue weighted by atomic mass is 35.5. The average Bonchev–Trinajstić information content (AvgIpc) is 2.81. The second-order valence-electron chi connectivity index (χ2n) is 8.27. The summed E-state index contributed by atoms with van der Waals surface area (Å²) >= 11 is 12.0. The quantitative estimate of drug-likeness (QED) is 0.289. The smallest absolute Gasteiger partial charge is 0.368 e. The van der Waals surface area contributed by atoms with Crippen molar-refractivity contribution in [3.8, 4) is 5.75 Å². The Hall–Kier alpha value is -2.65. The Balaban J connectivity index is 1.31. The van der Waals surface area contributed by atoms with Gasteiger partial charge in [0.15, 0.2) is 6.54 Å². The highest BCUT2D eigenvalue weighted by Gasteiger charge is 2.24. The number of piperidine rings is 1. The van der Waals surface area contributed by atoms with Crippen molar-refractivity contribution < 1.29 is 24.3 Å². The van der Waals surface area contributed by atoms with Gasteiger partial charge in [-0.25, -0.2) is 9.38 Å². The van der Waals surface area contributed by atoms with E-state index in [1.54, 1.807) is 24.3 Å². The SMILES string of the molecule is O=c1[nH]cc(C(O)=[NH+]C[C@@H](O)CN2CCC(Oc3ccc(Cl)c(Cl)c3)CC2)c2cccc(F)c12. The van der Waals surface area contributed by atoms with E-state index < -0.39 is 17.5 Å². The number of pyridine rings is 1. The maximum atomic E-state index is 14.1. The van der Waals surface area contributed by atoms with Crippen molar-refractivity contribution in [3.05, 3.63) is 74.4 Å². The van der Waals surface area contributed by atoms with Gasteiger partial charge >= 0.3 is 5.90 Å². The Kier molecular flexibility index (Phi) is 7.73. The van der Waals surface area contributed by atoms with E-state index in [2.05, 4.69) is 14.9 Å². The molecule has 0 unspecified atom stereocenters. The lowest BCUT2D eigenvalue weighted by Gasteiger charge is -2.32. The second kappa shape index (κ2) is 10.7. The number of H-pyrrole nitrogens is 1. The zero-order valence-corrected chi connectivity index (χ0v) is 19.7. The summed E-state index contributed by atoms with van der Waals surface area (Å²) in [4.78, 5) is 19.3. The zero-order valence-electron chi connectivity index (χ0n) is 18.2. The van der Waals surface area contributed by atoms with Crippen LogP contribution in [0.1, 0.15) is 18.4 Å². The number of aromatic amines is 1. The van der Waals surface area contributed by atoms with Gasteiger partial charge in [0.05, 0.1) is 15.4 Å². The first-order valence-corrected chi connectivity index (χ1v) is 11.7. The fraction of sp³-hybridized carbons (Fsp3) is 0.333. The van der Waals surface area contributed by atoms with Crippen molar-refractivity contribution in [3.63, 3.8) is 0 Å². The predicted octanol–water partition coefficient (Wildman–Crippen LogP) is 2.26. The molecule has 2 heterocycles. The normalized spacial score (nSPS) is 16.6. The summed E-state index contributed by atoms with van der Waals surface area (Å²) in [5.74, 6) is -0.239. The van der Waals surface area contributed by atoms with Crippen LogP contribution >= 0.6 is 23.2 Å². The van der Waals surface area contributed by atoms with E-state index >= 15 is 0 Å². The molecule has 180 valence electrons. The van der Waals surface area contributed by atoms with Crippen molar-refractivity contribution in [2.24, 2.45) is 0 Å². The predicted molar refractivity (Wildman–Crippen MR) is 130 cm³/mol. The number of halogens is 3. The number of hydrogen-bond acceptors (Lipinski definition) is 4. The van der Waals surface area contributed by atoms with Crippen LogP contribution in [-0.4, -0.2) is 64.4 Å². The molecule has 1 aliphatic heterocycles. The van der Waals surface area contributed by atoms with Crippen molar-refractivity contribution >= 4 is 39.9 Å². The highest BCUT2D eigenvalue weighted by Crippen LogP contribution is 2.28. The van der Waals surface area contributed by atoms with Gasteiger partial charge in [0, 0.05) is 37.3 Å². The molecule has 0 amide bonds. The van der Waals surface area contributed by atoms with E-state index in [9.17, 15) is 19.4 Å². The van der Waals surface area contributed by atoms with Crippen LogP contribution in [0.4, 0.5) is 4.39 Å². The number of likely N-dealkylation sites (tertiary alicyclic amines) is 1. The molecule has 0 bridgehead atoms. The maximum absolute atomic E-state index is 14.1. The number of aliphatic hydroxyl groups is 2. The largest absolute Gasteiger partial charge is 0.490 e. The third-order valence-electron chi connectivity index (χ3n) is 5.84. The van der Waals surface area contributed by atoms with E-state index in [-0.39, 0.29) is 34.9 Å². The first-order valence-electron chi connectivity index (χ1n) is 10.9. The first-order chi connectivity index (χ1) is 16.3. The lowest BCUT2D eigenvalue weighted by molar-refractivity contribution is -0.477. The fourth-order valence-corrected chi connectivity index (χ4v) is 4.38. The number of aliphatic hydroxyl groups excluding tert-OH is 2. The van der Waals surface area contributed by atoms with Crippen molar-refractivity contribution in [2.75, 3.05) is 26.2 Å². The Bertz CT molecular complexity index is 1260. The van der Waals surface area contributed by atoms with Crippen LogP contribution < -0.4 is 15.3 Å². The number of rotatable bonds is 7. The van der Waals surface area contributed by atoms with Crippen LogP contribution in [0.15, 0.2) is 47.4 Å². The number of nitrogens with zero attached hydrogens (tertiary/aromatic N) is 1. The van der Waals surface area contributed by atoms with Crippen LogP contribution in [0.2, 0.25) is 10.0 Å². The molecule has 1 atom stereocenters. The number of hydrogen-bond donors (Lipinski definition) is 4. The minimum Gasteiger partial charge on any atom is -0.490 e. The molecule has 0 radical (unpaired) electrons. The number of β-amino-alcohol motifs (C(OH)–C–C–N with tert-alkyl or cyclic N) is 1. The van der Waals surface area contributed by atoms with Gasteiger partial charge in [0.25, 0.3) is 5.56 Å². The summed E-state index contributed by atoms with van der Waals surface area (Å²) in [6, 6.07) is 9.41. The Labute approximate surface area is 205 Å². The minimum atomic E-state index is -0.750. The van der Waals surface area contributed by atoms with E-state index in [4.69, 9.17) is 27.9 Å². The van der Waals surface area contributed by atoms with Gasteiger partial charge in [-0.1, -0.05) is 35.3 Å². The number of ether oxygens (including phenoxy) is 1. The third kappa shape index (κ3) is 5.70. The van der Waals surface area contributed by atoms with Crippen LogP contribution in [0.3, 0.4) is 0 Å². The second-order valence-corrected chi connectivity index (χ2v) is 9.09. The van der Waals surface area contributed by atoms with Crippen LogP contribution in [0.5, 0.6) is 5.75 Å². The van der Waals surface area contributed by atoms with Gasteiger partial charge in [0.1, 0.15) is 29.3 Å². The molecule has 3 aromatic rings. The Morgan fingerprint density at radius 1 is 1.24 bits per heavy atom. The minimum absolute atomic E-state index is 0.0510. The fourth-order valence-electron chi connectivity index (χ4n) is 4.09. The van der Waals surface area contributed by atoms with Gasteiger partial charge in [-0.3, -0.25) is 4.79 Å². The number of fused-ring (bicyclic) bond motifs is 1. The molecule has 4 N–H and O–H groups in total. The number of benzene rings is 2. The molecule has 1 saturated heterocycles. The van der Waals surface area contributed by atoms with Gasteiger partial charge in [-0.2, -0.15) is 0 Å². The summed E-state index contributed by atoms with van der Waals surface area (Å²) in [7, 11) is 0. The molecule has 4 rings (SSSR count). The van der Waals surface area contributed by atoms with E-state index in [0.717, 1.165) is 25.9 Å². The molecule has 1 fully saturated rings. The van der Waals surface area contributed by atoms with E-state index in [0.29, 0.717) is 22.3 Å². The Morgan fingerprint density at radius 2 is 2.00 bits per heavy atom. The molecule has 0 aliphatic carbocycles. The maximum Gasteiger partial charge on any atom is 0.368 e. The topological polar surface area (TPSA) is 99.8 Å². The molecule has 34 heavy (non-hydrogen) atoms. The first kappa shape index (κ1) is 24.5. The summed E-state index contributed by atoms with van der Waals surface area (Å²) in [6.07, 6.45) is 2.21. The molecule has 1 aliphatic rings. The molecule has 7 nitrogen and oxygen atoms in total.